The third-order valence-electron chi connectivity index (χ3n) is 3.67. The molecule has 0 spiro atoms. The average Bonchev–Trinajstić information content (AvgIpc) is 2.82. The largest absolute Gasteiger partial charge is 0.481 e. The first kappa shape index (κ1) is 15.4. The number of likely N-dealkylation sites (tertiary alicyclic amines) is 1. The lowest BCUT2D eigenvalue weighted by Gasteiger charge is -2.20. The number of amides is 1. The molecule has 1 heterocycles. The summed E-state index contributed by atoms with van der Waals surface area (Å²) in [6, 6.07) is 3.89. The molecule has 8 heteroatoms. The SMILES string of the molecule is CC1(C(=O)O)CCN(C(=O)c2ccc([N+](=O)[O-])cc2Br)C1. The van der Waals surface area contributed by atoms with Crippen LogP contribution in [0.4, 0.5) is 5.69 Å². The van der Waals surface area contributed by atoms with E-state index in [1.165, 1.54) is 23.1 Å². The van der Waals surface area contributed by atoms with Gasteiger partial charge in [-0.05, 0) is 35.3 Å². The van der Waals surface area contributed by atoms with E-state index in [4.69, 9.17) is 0 Å². The van der Waals surface area contributed by atoms with Crippen LogP contribution in [0.5, 0.6) is 0 Å². The van der Waals surface area contributed by atoms with Crippen molar-refractivity contribution in [2.24, 2.45) is 5.41 Å². The van der Waals surface area contributed by atoms with E-state index in [-0.39, 0.29) is 23.7 Å². The molecule has 1 N–H and O–H groups in total. The maximum Gasteiger partial charge on any atom is 0.311 e. The molecule has 0 bridgehead atoms. The summed E-state index contributed by atoms with van der Waals surface area (Å²) in [5.74, 6) is -1.26. The lowest BCUT2D eigenvalue weighted by molar-refractivity contribution is -0.384. The van der Waals surface area contributed by atoms with Crippen LogP contribution in [0, 0.1) is 15.5 Å². The summed E-state index contributed by atoms with van der Waals surface area (Å²) >= 11 is 3.15. The Morgan fingerprint density at radius 3 is 2.62 bits per heavy atom. The fourth-order valence-electron chi connectivity index (χ4n) is 2.27. The number of carboxylic acids is 1. The molecule has 1 unspecified atom stereocenters. The van der Waals surface area contributed by atoms with Crippen LogP contribution < -0.4 is 0 Å². The van der Waals surface area contributed by atoms with E-state index in [0.29, 0.717) is 17.4 Å². The Morgan fingerprint density at radius 1 is 1.48 bits per heavy atom. The van der Waals surface area contributed by atoms with Gasteiger partial charge in [0.05, 0.1) is 15.9 Å². The fraction of sp³-hybridized carbons (Fsp3) is 0.385. The number of carbonyl (C=O) groups is 2. The Balaban J connectivity index is 2.22. The normalized spacial score (nSPS) is 21.3. The van der Waals surface area contributed by atoms with E-state index in [2.05, 4.69) is 15.9 Å². The van der Waals surface area contributed by atoms with Crippen LogP contribution in [-0.4, -0.2) is 39.9 Å². The van der Waals surface area contributed by atoms with Gasteiger partial charge >= 0.3 is 5.97 Å². The van der Waals surface area contributed by atoms with Crippen molar-refractivity contribution in [1.29, 1.82) is 0 Å². The minimum atomic E-state index is -0.942. The number of nitrogens with zero attached hydrogens (tertiary/aromatic N) is 2. The Morgan fingerprint density at radius 2 is 2.14 bits per heavy atom. The third-order valence-corrected chi connectivity index (χ3v) is 4.33. The lowest BCUT2D eigenvalue weighted by Crippen LogP contribution is -2.35. The topological polar surface area (TPSA) is 101 Å². The molecule has 0 aliphatic carbocycles. The first-order valence-corrected chi connectivity index (χ1v) is 7.00. The van der Waals surface area contributed by atoms with Gasteiger partial charge in [0.1, 0.15) is 0 Å². The number of non-ortho nitro benzene ring substituents is 1. The Bertz CT molecular complexity index is 633. The molecular formula is C13H13BrN2O5. The van der Waals surface area contributed by atoms with Gasteiger partial charge in [-0.15, -0.1) is 0 Å². The zero-order chi connectivity index (χ0) is 15.8. The van der Waals surface area contributed by atoms with Gasteiger partial charge in [0, 0.05) is 29.7 Å². The number of nitro groups is 1. The molecule has 1 aliphatic rings. The van der Waals surface area contributed by atoms with Crippen LogP contribution in [0.15, 0.2) is 22.7 Å². The predicted octanol–water partition coefficient (Wildman–Crippen LogP) is 2.29. The van der Waals surface area contributed by atoms with Gasteiger partial charge in [0.25, 0.3) is 11.6 Å². The molecular weight excluding hydrogens is 344 g/mol. The van der Waals surface area contributed by atoms with Crippen LogP contribution >= 0.6 is 15.9 Å². The first-order chi connectivity index (χ1) is 9.74. The summed E-state index contributed by atoms with van der Waals surface area (Å²) in [5.41, 5.74) is -0.770. The summed E-state index contributed by atoms with van der Waals surface area (Å²) in [7, 11) is 0. The maximum absolute atomic E-state index is 12.4. The van der Waals surface area contributed by atoms with Crippen molar-refractivity contribution >= 4 is 33.5 Å². The number of hydrogen-bond acceptors (Lipinski definition) is 4. The van der Waals surface area contributed by atoms with Crippen molar-refractivity contribution < 1.29 is 19.6 Å². The highest BCUT2D eigenvalue weighted by Gasteiger charge is 2.42. The summed E-state index contributed by atoms with van der Waals surface area (Å²) in [6.45, 7) is 2.09. The molecule has 1 aromatic carbocycles. The van der Waals surface area contributed by atoms with E-state index in [1.54, 1.807) is 6.92 Å². The molecule has 1 fully saturated rings. The van der Waals surface area contributed by atoms with E-state index >= 15 is 0 Å². The van der Waals surface area contributed by atoms with Crippen molar-refractivity contribution in [3.63, 3.8) is 0 Å². The molecule has 21 heavy (non-hydrogen) atoms. The van der Waals surface area contributed by atoms with Gasteiger partial charge in [-0.1, -0.05) is 0 Å². The average molecular weight is 357 g/mol. The van der Waals surface area contributed by atoms with Crippen molar-refractivity contribution in [3.05, 3.63) is 38.3 Å². The number of aliphatic carboxylic acids is 1. The van der Waals surface area contributed by atoms with Crippen LogP contribution in [0.3, 0.4) is 0 Å². The molecule has 1 atom stereocenters. The number of halogens is 1. The first-order valence-electron chi connectivity index (χ1n) is 6.21. The fourth-order valence-corrected chi connectivity index (χ4v) is 2.81. The van der Waals surface area contributed by atoms with Gasteiger partial charge in [0.15, 0.2) is 0 Å². The van der Waals surface area contributed by atoms with Crippen LogP contribution in [-0.2, 0) is 4.79 Å². The van der Waals surface area contributed by atoms with Gasteiger partial charge in [-0.2, -0.15) is 0 Å². The molecule has 0 aromatic heterocycles. The molecule has 1 aliphatic heterocycles. The van der Waals surface area contributed by atoms with Crippen molar-refractivity contribution in [1.82, 2.24) is 4.90 Å². The summed E-state index contributed by atoms with van der Waals surface area (Å²) in [5, 5.41) is 19.8. The highest BCUT2D eigenvalue weighted by molar-refractivity contribution is 9.10. The van der Waals surface area contributed by atoms with E-state index in [1.807, 2.05) is 0 Å². The zero-order valence-corrected chi connectivity index (χ0v) is 12.8. The molecule has 0 radical (unpaired) electrons. The van der Waals surface area contributed by atoms with Crippen LogP contribution in [0.1, 0.15) is 23.7 Å². The Labute approximate surface area is 128 Å². The number of benzene rings is 1. The van der Waals surface area contributed by atoms with Gasteiger partial charge in [-0.3, -0.25) is 19.7 Å². The van der Waals surface area contributed by atoms with Gasteiger partial charge in [-0.25, -0.2) is 0 Å². The summed E-state index contributed by atoms with van der Waals surface area (Å²) < 4.78 is 0.325. The number of carbonyl (C=O) groups excluding carboxylic acids is 1. The zero-order valence-electron chi connectivity index (χ0n) is 11.2. The van der Waals surface area contributed by atoms with E-state index in [0.717, 1.165) is 0 Å². The quantitative estimate of drug-likeness (QED) is 0.661. The number of hydrogen-bond donors (Lipinski definition) is 1. The maximum atomic E-state index is 12.4. The molecule has 1 amide bonds. The molecule has 1 aromatic rings. The number of carboxylic acid groups (broad SMARTS) is 1. The van der Waals surface area contributed by atoms with Gasteiger partial charge in [0.2, 0.25) is 0 Å². The minimum Gasteiger partial charge on any atom is -0.481 e. The van der Waals surface area contributed by atoms with Crippen LogP contribution in [0.25, 0.3) is 0 Å². The van der Waals surface area contributed by atoms with Crippen molar-refractivity contribution in [2.45, 2.75) is 13.3 Å². The van der Waals surface area contributed by atoms with Crippen LogP contribution in [0.2, 0.25) is 0 Å². The van der Waals surface area contributed by atoms with Crippen molar-refractivity contribution in [2.75, 3.05) is 13.1 Å². The summed E-state index contributed by atoms with van der Waals surface area (Å²) in [4.78, 5) is 35.2. The smallest absolute Gasteiger partial charge is 0.311 e. The highest BCUT2D eigenvalue weighted by atomic mass is 79.9. The standard InChI is InChI=1S/C13H13BrN2O5/c1-13(12(18)19)4-5-15(7-13)11(17)9-3-2-8(16(20)21)6-10(9)14/h2-3,6H,4-5,7H2,1H3,(H,18,19). The number of rotatable bonds is 3. The summed E-state index contributed by atoms with van der Waals surface area (Å²) in [6.07, 6.45) is 0.388. The third kappa shape index (κ3) is 2.90. The van der Waals surface area contributed by atoms with Crippen molar-refractivity contribution in [3.8, 4) is 0 Å². The van der Waals surface area contributed by atoms with Gasteiger partial charge < -0.3 is 10.0 Å². The Kier molecular flexibility index (Phi) is 3.99. The lowest BCUT2D eigenvalue weighted by atomic mass is 9.90. The highest BCUT2D eigenvalue weighted by Crippen LogP contribution is 2.32. The second-order valence-electron chi connectivity index (χ2n) is 5.26. The molecule has 112 valence electrons. The molecule has 2 rings (SSSR count). The van der Waals surface area contributed by atoms with E-state index < -0.39 is 16.3 Å². The monoisotopic (exact) mass is 356 g/mol. The molecule has 0 saturated carbocycles. The predicted molar refractivity (Wildman–Crippen MR) is 77.1 cm³/mol. The minimum absolute atomic E-state index is 0.116. The number of nitro benzene ring substituents is 1. The second-order valence-corrected chi connectivity index (χ2v) is 6.12. The Hall–Kier alpha value is -1.96. The molecule has 7 nitrogen and oxygen atoms in total. The second kappa shape index (κ2) is 5.44. The molecule has 1 saturated heterocycles. The van der Waals surface area contributed by atoms with E-state index in [9.17, 15) is 24.8 Å².